The minimum atomic E-state index is -0.615. The SMILES string of the molecule is CCOc1ccccc1NC(=O)COC(=O)c1ccc(COc2ccc3c(C)cc(=O)oc3c2)cc1. The summed E-state index contributed by atoms with van der Waals surface area (Å²) in [7, 11) is 0. The van der Waals surface area contributed by atoms with E-state index in [1.807, 2.05) is 19.9 Å². The first-order valence-corrected chi connectivity index (χ1v) is 11.4. The van der Waals surface area contributed by atoms with Gasteiger partial charge < -0.3 is 23.9 Å². The summed E-state index contributed by atoms with van der Waals surface area (Å²) in [5, 5.41) is 3.52. The van der Waals surface area contributed by atoms with E-state index in [2.05, 4.69) is 5.32 Å². The van der Waals surface area contributed by atoms with E-state index in [9.17, 15) is 14.4 Å². The van der Waals surface area contributed by atoms with Crippen molar-refractivity contribution in [1.29, 1.82) is 0 Å². The number of benzene rings is 3. The van der Waals surface area contributed by atoms with Gasteiger partial charge in [0, 0.05) is 17.5 Å². The number of rotatable bonds is 9. The van der Waals surface area contributed by atoms with Gasteiger partial charge in [0.05, 0.1) is 17.9 Å². The number of nitrogens with one attached hydrogen (secondary N) is 1. The van der Waals surface area contributed by atoms with Crippen molar-refractivity contribution in [2.24, 2.45) is 0 Å². The quantitative estimate of drug-likeness (QED) is 0.265. The Labute approximate surface area is 207 Å². The van der Waals surface area contributed by atoms with Crippen molar-refractivity contribution in [3.05, 3.63) is 99.9 Å². The molecule has 0 unspecified atom stereocenters. The van der Waals surface area contributed by atoms with Crippen molar-refractivity contribution >= 4 is 28.5 Å². The number of carbonyl (C=O) groups is 2. The number of fused-ring (bicyclic) bond motifs is 1. The molecular formula is C28H25NO7. The molecule has 1 heterocycles. The number of hydrogen-bond donors (Lipinski definition) is 1. The number of carbonyl (C=O) groups excluding carboxylic acids is 2. The summed E-state index contributed by atoms with van der Waals surface area (Å²) in [5.41, 5.74) is 2.52. The summed E-state index contributed by atoms with van der Waals surface area (Å²) in [6.45, 7) is 3.98. The number of ether oxygens (including phenoxy) is 3. The van der Waals surface area contributed by atoms with Crippen LogP contribution in [0.2, 0.25) is 0 Å². The average Bonchev–Trinajstić information content (AvgIpc) is 2.87. The van der Waals surface area contributed by atoms with Gasteiger partial charge in [-0.1, -0.05) is 24.3 Å². The largest absolute Gasteiger partial charge is 0.492 e. The third-order valence-corrected chi connectivity index (χ3v) is 5.31. The van der Waals surface area contributed by atoms with Gasteiger partial charge in [0.1, 0.15) is 23.7 Å². The zero-order valence-electron chi connectivity index (χ0n) is 19.9. The predicted molar refractivity (Wildman–Crippen MR) is 135 cm³/mol. The molecule has 36 heavy (non-hydrogen) atoms. The van der Waals surface area contributed by atoms with Gasteiger partial charge >= 0.3 is 11.6 Å². The molecule has 0 bridgehead atoms. The van der Waals surface area contributed by atoms with E-state index < -0.39 is 24.1 Å². The van der Waals surface area contributed by atoms with Crippen LogP contribution in [0.25, 0.3) is 11.0 Å². The molecular weight excluding hydrogens is 462 g/mol. The topological polar surface area (TPSA) is 104 Å². The van der Waals surface area contributed by atoms with E-state index in [0.717, 1.165) is 16.5 Å². The predicted octanol–water partition coefficient (Wildman–Crippen LogP) is 4.87. The molecule has 0 saturated heterocycles. The highest BCUT2D eigenvalue weighted by molar-refractivity contribution is 5.96. The van der Waals surface area contributed by atoms with Crippen LogP contribution in [-0.2, 0) is 16.1 Å². The fourth-order valence-electron chi connectivity index (χ4n) is 3.55. The number of para-hydroxylation sites is 2. The standard InChI is InChI=1S/C28H25NO7/c1-3-33-24-7-5-4-6-23(24)29-26(30)17-35-28(32)20-10-8-19(9-11-20)16-34-21-12-13-22-18(2)14-27(31)36-25(22)15-21/h4-15H,3,16-17H2,1-2H3,(H,29,30). The van der Waals surface area contributed by atoms with Crippen molar-refractivity contribution in [3.8, 4) is 11.5 Å². The lowest BCUT2D eigenvalue weighted by atomic mass is 10.1. The molecule has 0 aliphatic rings. The van der Waals surface area contributed by atoms with Crippen LogP contribution in [0.3, 0.4) is 0 Å². The lowest BCUT2D eigenvalue weighted by Crippen LogP contribution is -2.21. The molecule has 8 heteroatoms. The Morgan fingerprint density at radius 3 is 2.50 bits per heavy atom. The van der Waals surface area contributed by atoms with Gasteiger partial charge in [-0.3, -0.25) is 4.79 Å². The summed E-state index contributed by atoms with van der Waals surface area (Å²) in [6.07, 6.45) is 0. The Morgan fingerprint density at radius 1 is 0.944 bits per heavy atom. The molecule has 0 spiro atoms. The van der Waals surface area contributed by atoms with Crippen LogP contribution in [0, 0.1) is 6.92 Å². The maximum atomic E-state index is 12.3. The van der Waals surface area contributed by atoms with Gasteiger partial charge in [-0.05, 0) is 61.4 Å². The summed E-state index contributed by atoms with van der Waals surface area (Å²) < 4.78 is 21.6. The smallest absolute Gasteiger partial charge is 0.338 e. The van der Waals surface area contributed by atoms with Crippen LogP contribution in [0.4, 0.5) is 5.69 Å². The second-order valence-corrected chi connectivity index (χ2v) is 7.95. The zero-order valence-corrected chi connectivity index (χ0v) is 19.9. The van der Waals surface area contributed by atoms with Gasteiger partial charge in [0.2, 0.25) is 0 Å². The maximum absolute atomic E-state index is 12.3. The molecule has 0 aliphatic heterocycles. The van der Waals surface area contributed by atoms with Crippen molar-refractivity contribution in [2.45, 2.75) is 20.5 Å². The van der Waals surface area contributed by atoms with Crippen molar-refractivity contribution < 1.29 is 28.2 Å². The molecule has 0 fully saturated rings. The molecule has 0 saturated carbocycles. The van der Waals surface area contributed by atoms with Gasteiger partial charge in [-0.25, -0.2) is 9.59 Å². The summed E-state index contributed by atoms with van der Waals surface area (Å²) >= 11 is 0. The summed E-state index contributed by atoms with van der Waals surface area (Å²) in [4.78, 5) is 36.2. The lowest BCUT2D eigenvalue weighted by Gasteiger charge is -2.11. The zero-order chi connectivity index (χ0) is 25.5. The second kappa shape index (κ2) is 11.2. The fraction of sp³-hybridized carbons (Fsp3) is 0.179. The minimum absolute atomic E-state index is 0.249. The number of aryl methyl sites for hydroxylation is 1. The normalized spacial score (nSPS) is 10.6. The molecule has 0 aliphatic carbocycles. The Bertz CT molecular complexity index is 1440. The Morgan fingerprint density at radius 2 is 1.72 bits per heavy atom. The molecule has 4 rings (SSSR count). The van der Waals surface area contributed by atoms with Crippen LogP contribution in [-0.4, -0.2) is 25.1 Å². The Hall–Kier alpha value is -4.59. The van der Waals surface area contributed by atoms with Crippen LogP contribution in [0.5, 0.6) is 11.5 Å². The molecule has 1 aromatic heterocycles. The van der Waals surface area contributed by atoms with Crippen molar-refractivity contribution in [1.82, 2.24) is 0 Å². The lowest BCUT2D eigenvalue weighted by molar-refractivity contribution is -0.119. The first kappa shape index (κ1) is 24.5. The fourth-order valence-corrected chi connectivity index (χ4v) is 3.55. The first-order chi connectivity index (χ1) is 17.4. The van der Waals surface area contributed by atoms with Crippen LogP contribution < -0.4 is 20.4 Å². The van der Waals surface area contributed by atoms with Gasteiger partial charge in [-0.2, -0.15) is 0 Å². The molecule has 0 radical (unpaired) electrons. The number of amides is 1. The minimum Gasteiger partial charge on any atom is -0.492 e. The van der Waals surface area contributed by atoms with Crippen LogP contribution in [0.1, 0.15) is 28.4 Å². The Kier molecular flexibility index (Phi) is 7.65. The third kappa shape index (κ3) is 6.09. The molecule has 4 aromatic rings. The van der Waals surface area contributed by atoms with Gasteiger partial charge in [0.15, 0.2) is 6.61 Å². The van der Waals surface area contributed by atoms with Gasteiger partial charge in [-0.15, -0.1) is 0 Å². The van der Waals surface area contributed by atoms with E-state index in [-0.39, 0.29) is 6.61 Å². The van der Waals surface area contributed by atoms with Crippen molar-refractivity contribution in [3.63, 3.8) is 0 Å². The monoisotopic (exact) mass is 487 g/mol. The number of hydrogen-bond acceptors (Lipinski definition) is 7. The number of anilines is 1. The summed E-state index contributed by atoms with van der Waals surface area (Å²) in [6, 6.07) is 20.5. The summed E-state index contributed by atoms with van der Waals surface area (Å²) in [5.74, 6) is 0.00933. The van der Waals surface area contributed by atoms with E-state index in [4.69, 9.17) is 18.6 Å². The molecule has 184 valence electrons. The maximum Gasteiger partial charge on any atom is 0.338 e. The highest BCUT2D eigenvalue weighted by Gasteiger charge is 2.12. The van der Waals surface area contributed by atoms with E-state index in [1.165, 1.54) is 6.07 Å². The molecule has 8 nitrogen and oxygen atoms in total. The van der Waals surface area contributed by atoms with E-state index >= 15 is 0 Å². The first-order valence-electron chi connectivity index (χ1n) is 11.4. The molecule has 1 amide bonds. The molecule has 1 N–H and O–H groups in total. The van der Waals surface area contributed by atoms with Crippen LogP contribution >= 0.6 is 0 Å². The number of esters is 1. The highest BCUT2D eigenvalue weighted by atomic mass is 16.5. The average molecular weight is 488 g/mol. The molecule has 0 atom stereocenters. The highest BCUT2D eigenvalue weighted by Crippen LogP contribution is 2.24. The van der Waals surface area contributed by atoms with Gasteiger partial charge in [0.25, 0.3) is 5.91 Å². The second-order valence-electron chi connectivity index (χ2n) is 7.95. The van der Waals surface area contributed by atoms with Crippen LogP contribution in [0.15, 0.2) is 82.0 Å². The van der Waals surface area contributed by atoms with Crippen molar-refractivity contribution in [2.75, 3.05) is 18.5 Å². The third-order valence-electron chi connectivity index (χ3n) is 5.31. The Balaban J connectivity index is 1.30. The molecule has 3 aromatic carbocycles. The van der Waals surface area contributed by atoms with E-state index in [0.29, 0.717) is 34.9 Å². The van der Waals surface area contributed by atoms with E-state index in [1.54, 1.807) is 60.7 Å².